The molecule has 1 heterocycles. The van der Waals surface area contributed by atoms with Crippen LogP contribution in [0.1, 0.15) is 33.4 Å². The first-order chi connectivity index (χ1) is 10.9. The smallest absolute Gasteiger partial charge is 0.265 e. The van der Waals surface area contributed by atoms with E-state index in [4.69, 9.17) is 0 Å². The Hall–Kier alpha value is -1.84. The van der Waals surface area contributed by atoms with E-state index in [0.717, 1.165) is 17.1 Å². The number of aryl methyl sites for hydroxylation is 1. The largest absolute Gasteiger partial charge is 0.347 e. The van der Waals surface area contributed by atoms with Crippen LogP contribution in [0.5, 0.6) is 0 Å². The summed E-state index contributed by atoms with van der Waals surface area (Å²) in [7, 11) is -1.89. The third-order valence-electron chi connectivity index (χ3n) is 3.24. The van der Waals surface area contributed by atoms with Crippen LogP contribution in [0, 0.1) is 0 Å². The normalized spacial score (nSPS) is 11.4. The van der Waals surface area contributed by atoms with Crippen molar-refractivity contribution >= 4 is 27.5 Å². The highest BCUT2D eigenvalue weighted by atomic mass is 32.2. The standard InChI is InChI=1S/C14H18N4O3S2/c1-3-12-13(22-18-17-12)14(19)16-8-10-4-6-11(7-5-10)9-23(20,21)15-2/h4-7,15H,3,8-9H2,1-2H3,(H,16,19). The number of rotatable bonds is 7. The molecule has 0 fully saturated rings. The van der Waals surface area contributed by atoms with Gasteiger partial charge in [0.15, 0.2) is 0 Å². The SMILES string of the molecule is CCc1nnsc1C(=O)NCc1ccc(CS(=O)(=O)NC)cc1. The first-order valence-electron chi connectivity index (χ1n) is 7.03. The second kappa shape index (κ2) is 7.62. The Balaban J connectivity index is 1.95. The fraction of sp³-hybridized carbons (Fsp3) is 0.357. The van der Waals surface area contributed by atoms with Gasteiger partial charge in [-0.2, -0.15) is 0 Å². The zero-order valence-electron chi connectivity index (χ0n) is 12.9. The van der Waals surface area contributed by atoms with Crippen molar-refractivity contribution in [2.24, 2.45) is 0 Å². The summed E-state index contributed by atoms with van der Waals surface area (Å²) in [5, 5.41) is 6.73. The van der Waals surface area contributed by atoms with Crippen molar-refractivity contribution in [2.45, 2.75) is 25.6 Å². The van der Waals surface area contributed by atoms with E-state index in [2.05, 4.69) is 19.6 Å². The summed E-state index contributed by atoms with van der Waals surface area (Å²) in [6.07, 6.45) is 0.661. The van der Waals surface area contributed by atoms with Crippen LogP contribution in [0.2, 0.25) is 0 Å². The lowest BCUT2D eigenvalue weighted by Crippen LogP contribution is -2.23. The zero-order valence-corrected chi connectivity index (χ0v) is 14.5. The molecular weight excluding hydrogens is 336 g/mol. The zero-order chi connectivity index (χ0) is 16.9. The second-order valence-electron chi connectivity index (χ2n) is 4.86. The van der Waals surface area contributed by atoms with E-state index >= 15 is 0 Å². The van der Waals surface area contributed by atoms with Gasteiger partial charge in [0.25, 0.3) is 5.91 Å². The number of nitrogens with one attached hydrogen (secondary N) is 2. The number of amides is 1. The highest BCUT2D eigenvalue weighted by Crippen LogP contribution is 2.12. The molecule has 0 aliphatic heterocycles. The molecule has 2 rings (SSSR count). The number of benzene rings is 1. The Kier molecular flexibility index (Phi) is 5.80. The van der Waals surface area contributed by atoms with E-state index in [9.17, 15) is 13.2 Å². The van der Waals surface area contributed by atoms with Gasteiger partial charge in [-0.3, -0.25) is 4.79 Å². The lowest BCUT2D eigenvalue weighted by molar-refractivity contribution is 0.0954. The third-order valence-corrected chi connectivity index (χ3v) is 5.34. The Labute approximate surface area is 139 Å². The molecule has 7 nitrogen and oxygen atoms in total. The van der Waals surface area contributed by atoms with Gasteiger partial charge in [0, 0.05) is 6.54 Å². The number of nitrogens with zero attached hydrogens (tertiary/aromatic N) is 2. The maximum Gasteiger partial charge on any atom is 0.265 e. The predicted molar refractivity (Wildman–Crippen MR) is 88.6 cm³/mol. The Morgan fingerprint density at radius 1 is 1.22 bits per heavy atom. The van der Waals surface area contributed by atoms with Crippen molar-refractivity contribution in [2.75, 3.05) is 7.05 Å². The third kappa shape index (κ3) is 4.81. The molecule has 1 amide bonds. The molecule has 9 heteroatoms. The molecule has 0 spiro atoms. The Morgan fingerprint density at radius 3 is 2.48 bits per heavy atom. The minimum absolute atomic E-state index is 0.0669. The molecule has 0 bridgehead atoms. The van der Waals surface area contributed by atoms with Crippen LogP contribution in [-0.4, -0.2) is 31.0 Å². The first-order valence-corrected chi connectivity index (χ1v) is 9.46. The lowest BCUT2D eigenvalue weighted by Gasteiger charge is -2.06. The molecule has 0 saturated heterocycles. The monoisotopic (exact) mass is 354 g/mol. The Bertz CT molecular complexity index is 770. The van der Waals surface area contributed by atoms with Crippen molar-refractivity contribution in [3.8, 4) is 0 Å². The summed E-state index contributed by atoms with van der Waals surface area (Å²) < 4.78 is 29.0. The topological polar surface area (TPSA) is 101 Å². The summed E-state index contributed by atoms with van der Waals surface area (Å²) in [4.78, 5) is 12.6. The first kappa shape index (κ1) is 17.5. The van der Waals surface area contributed by atoms with Gasteiger partial charge in [0.05, 0.1) is 11.4 Å². The molecule has 1 aromatic heterocycles. The molecule has 0 radical (unpaired) electrons. The van der Waals surface area contributed by atoms with Gasteiger partial charge in [-0.25, -0.2) is 13.1 Å². The highest BCUT2D eigenvalue weighted by molar-refractivity contribution is 7.88. The van der Waals surface area contributed by atoms with Gasteiger partial charge in [-0.05, 0) is 36.1 Å². The van der Waals surface area contributed by atoms with E-state index in [-0.39, 0.29) is 11.7 Å². The van der Waals surface area contributed by atoms with Crippen LogP contribution >= 0.6 is 11.5 Å². The average Bonchev–Trinajstić information content (AvgIpc) is 3.02. The summed E-state index contributed by atoms with van der Waals surface area (Å²) in [6, 6.07) is 7.07. The van der Waals surface area contributed by atoms with Crippen molar-refractivity contribution in [3.05, 3.63) is 46.0 Å². The molecule has 124 valence electrons. The number of carbonyl (C=O) groups excluding carboxylic acids is 1. The fourth-order valence-corrected chi connectivity index (χ4v) is 3.36. The van der Waals surface area contributed by atoms with E-state index < -0.39 is 10.0 Å². The van der Waals surface area contributed by atoms with E-state index in [1.165, 1.54) is 7.05 Å². The van der Waals surface area contributed by atoms with Crippen LogP contribution in [0.25, 0.3) is 0 Å². The number of hydrogen-bond acceptors (Lipinski definition) is 6. The summed E-state index contributed by atoms with van der Waals surface area (Å²) in [6.45, 7) is 2.28. The van der Waals surface area contributed by atoms with Gasteiger partial charge in [-0.1, -0.05) is 35.7 Å². The minimum Gasteiger partial charge on any atom is -0.347 e. The average molecular weight is 354 g/mol. The molecule has 0 atom stereocenters. The molecule has 1 aromatic carbocycles. The summed E-state index contributed by atoms with van der Waals surface area (Å²) in [5.74, 6) is -0.263. The van der Waals surface area contributed by atoms with Gasteiger partial charge >= 0.3 is 0 Å². The lowest BCUT2D eigenvalue weighted by atomic mass is 10.1. The van der Waals surface area contributed by atoms with Crippen LogP contribution in [-0.2, 0) is 28.7 Å². The molecule has 2 aromatic rings. The molecule has 23 heavy (non-hydrogen) atoms. The number of aromatic nitrogens is 2. The molecular formula is C14H18N4O3S2. The highest BCUT2D eigenvalue weighted by Gasteiger charge is 2.14. The molecule has 0 aliphatic carbocycles. The van der Waals surface area contributed by atoms with Crippen LogP contribution in [0.3, 0.4) is 0 Å². The van der Waals surface area contributed by atoms with Crippen molar-refractivity contribution in [1.82, 2.24) is 19.6 Å². The van der Waals surface area contributed by atoms with E-state index in [1.807, 2.05) is 6.92 Å². The Morgan fingerprint density at radius 2 is 1.87 bits per heavy atom. The van der Waals surface area contributed by atoms with E-state index in [1.54, 1.807) is 24.3 Å². The van der Waals surface area contributed by atoms with Crippen molar-refractivity contribution in [1.29, 1.82) is 0 Å². The summed E-state index contributed by atoms with van der Waals surface area (Å²) in [5.41, 5.74) is 2.27. The maximum absolute atomic E-state index is 12.1. The molecule has 0 aliphatic rings. The molecule has 2 N–H and O–H groups in total. The molecule has 0 saturated carbocycles. The maximum atomic E-state index is 12.1. The second-order valence-corrected chi connectivity index (χ2v) is 7.55. The van der Waals surface area contributed by atoms with Gasteiger partial charge < -0.3 is 5.32 Å². The number of hydrogen-bond donors (Lipinski definition) is 2. The van der Waals surface area contributed by atoms with E-state index in [0.29, 0.717) is 29.1 Å². The van der Waals surface area contributed by atoms with Crippen LogP contribution in [0.4, 0.5) is 0 Å². The van der Waals surface area contributed by atoms with Crippen molar-refractivity contribution in [3.63, 3.8) is 0 Å². The van der Waals surface area contributed by atoms with Crippen LogP contribution < -0.4 is 10.0 Å². The van der Waals surface area contributed by atoms with Crippen molar-refractivity contribution < 1.29 is 13.2 Å². The van der Waals surface area contributed by atoms with Gasteiger partial charge in [0.2, 0.25) is 10.0 Å². The fourth-order valence-electron chi connectivity index (χ4n) is 1.92. The quantitative estimate of drug-likeness (QED) is 0.775. The number of carbonyl (C=O) groups is 1. The summed E-state index contributed by atoms with van der Waals surface area (Å²) >= 11 is 1.08. The van der Waals surface area contributed by atoms with Crippen LogP contribution in [0.15, 0.2) is 24.3 Å². The molecule has 0 unspecified atom stereocenters. The van der Waals surface area contributed by atoms with Gasteiger partial charge in [-0.15, -0.1) is 5.10 Å². The number of sulfonamides is 1. The minimum atomic E-state index is -3.28. The predicted octanol–water partition coefficient (Wildman–Crippen LogP) is 1.08. The van der Waals surface area contributed by atoms with Gasteiger partial charge in [0.1, 0.15) is 4.88 Å².